The summed E-state index contributed by atoms with van der Waals surface area (Å²) in [6, 6.07) is 2.62. The number of piperidine rings is 1. The van der Waals surface area contributed by atoms with Crippen molar-refractivity contribution in [2.75, 3.05) is 6.54 Å². The number of carboxylic acids is 1. The lowest BCUT2D eigenvalue weighted by Gasteiger charge is -2.35. The van der Waals surface area contributed by atoms with E-state index in [0.717, 1.165) is 25.9 Å². The van der Waals surface area contributed by atoms with Crippen LogP contribution in [-0.4, -0.2) is 28.6 Å². The Balaban J connectivity index is 1.89. The molecule has 17 heavy (non-hydrogen) atoms. The lowest BCUT2D eigenvalue weighted by molar-refractivity contribution is -0.137. The molecule has 2 heterocycles. The Hall–Kier alpha value is -0.870. The van der Waals surface area contributed by atoms with Crippen LogP contribution in [0.15, 0.2) is 16.8 Å². The van der Waals surface area contributed by atoms with Gasteiger partial charge in [0.15, 0.2) is 0 Å². The first-order valence-electron chi connectivity index (χ1n) is 6.22. The molecule has 1 aliphatic rings. The van der Waals surface area contributed by atoms with Gasteiger partial charge in [-0.05, 0) is 48.2 Å². The van der Waals surface area contributed by atoms with Crippen LogP contribution in [0.5, 0.6) is 0 Å². The molecule has 0 aliphatic carbocycles. The maximum absolute atomic E-state index is 10.6. The van der Waals surface area contributed by atoms with Crippen LogP contribution >= 0.6 is 11.3 Å². The molecule has 2 rings (SSSR count). The van der Waals surface area contributed by atoms with E-state index in [1.54, 1.807) is 11.3 Å². The van der Waals surface area contributed by atoms with E-state index in [9.17, 15) is 4.79 Å². The zero-order valence-electron chi connectivity index (χ0n) is 9.97. The lowest BCUT2D eigenvalue weighted by Crippen LogP contribution is -2.39. The van der Waals surface area contributed by atoms with Gasteiger partial charge in [-0.1, -0.05) is 6.42 Å². The number of aliphatic carboxylic acids is 1. The van der Waals surface area contributed by atoms with Crippen LogP contribution in [0.25, 0.3) is 0 Å². The quantitative estimate of drug-likeness (QED) is 0.877. The molecule has 94 valence electrons. The number of carbonyl (C=O) groups is 1. The first-order valence-corrected chi connectivity index (χ1v) is 7.17. The third kappa shape index (κ3) is 3.82. The van der Waals surface area contributed by atoms with Crippen molar-refractivity contribution in [2.45, 2.75) is 44.7 Å². The Morgan fingerprint density at radius 1 is 1.53 bits per heavy atom. The normalized spacial score (nSPS) is 21.5. The summed E-state index contributed by atoms with van der Waals surface area (Å²) in [5.74, 6) is -0.675. The van der Waals surface area contributed by atoms with Crippen LogP contribution in [0.1, 0.15) is 37.7 Å². The first-order chi connectivity index (χ1) is 8.25. The van der Waals surface area contributed by atoms with Gasteiger partial charge in [-0.2, -0.15) is 11.3 Å². The van der Waals surface area contributed by atoms with Crippen LogP contribution in [0, 0.1) is 0 Å². The molecule has 1 fully saturated rings. The summed E-state index contributed by atoms with van der Waals surface area (Å²) in [6.45, 7) is 2.09. The summed E-state index contributed by atoms with van der Waals surface area (Å²) in [5.41, 5.74) is 1.36. The van der Waals surface area contributed by atoms with Gasteiger partial charge in [0.2, 0.25) is 0 Å². The van der Waals surface area contributed by atoms with Crippen molar-refractivity contribution in [1.29, 1.82) is 0 Å². The highest BCUT2D eigenvalue weighted by atomic mass is 32.1. The highest BCUT2D eigenvalue weighted by Crippen LogP contribution is 2.23. The molecule has 0 bridgehead atoms. The van der Waals surface area contributed by atoms with E-state index in [1.807, 2.05) is 0 Å². The minimum Gasteiger partial charge on any atom is -0.481 e. The zero-order valence-corrected chi connectivity index (χ0v) is 10.8. The molecule has 1 saturated heterocycles. The van der Waals surface area contributed by atoms with Gasteiger partial charge in [-0.3, -0.25) is 9.69 Å². The molecule has 1 unspecified atom stereocenters. The standard InChI is InChI=1S/C13H19NO2S/c15-13(16)5-4-12-3-1-2-7-14(12)9-11-6-8-17-10-11/h6,8,10,12H,1-5,7,9H2,(H,15,16). The summed E-state index contributed by atoms with van der Waals surface area (Å²) in [7, 11) is 0. The summed E-state index contributed by atoms with van der Waals surface area (Å²) in [5, 5.41) is 13.1. The van der Waals surface area contributed by atoms with Gasteiger partial charge in [0, 0.05) is 19.0 Å². The van der Waals surface area contributed by atoms with Gasteiger partial charge in [0.05, 0.1) is 0 Å². The monoisotopic (exact) mass is 253 g/mol. The fourth-order valence-electron chi connectivity index (χ4n) is 2.50. The Morgan fingerprint density at radius 2 is 2.41 bits per heavy atom. The van der Waals surface area contributed by atoms with E-state index in [2.05, 4.69) is 21.7 Å². The van der Waals surface area contributed by atoms with Crippen molar-refractivity contribution in [3.8, 4) is 0 Å². The van der Waals surface area contributed by atoms with E-state index >= 15 is 0 Å². The Bertz CT molecular complexity index is 350. The molecule has 0 amide bonds. The molecule has 0 saturated carbocycles. The Labute approximate surface area is 106 Å². The number of nitrogens with zero attached hydrogens (tertiary/aromatic N) is 1. The van der Waals surface area contributed by atoms with Crippen molar-refractivity contribution < 1.29 is 9.90 Å². The molecule has 0 radical (unpaired) electrons. The summed E-state index contributed by atoms with van der Waals surface area (Å²) < 4.78 is 0. The number of rotatable bonds is 5. The molecule has 3 nitrogen and oxygen atoms in total. The predicted octanol–water partition coefficient (Wildman–Crippen LogP) is 2.97. The summed E-state index contributed by atoms with van der Waals surface area (Å²) in [4.78, 5) is 13.1. The Morgan fingerprint density at radius 3 is 3.12 bits per heavy atom. The maximum Gasteiger partial charge on any atom is 0.303 e. The number of hydrogen-bond acceptors (Lipinski definition) is 3. The predicted molar refractivity (Wildman–Crippen MR) is 69.2 cm³/mol. The smallest absolute Gasteiger partial charge is 0.303 e. The van der Waals surface area contributed by atoms with Crippen LogP contribution < -0.4 is 0 Å². The topological polar surface area (TPSA) is 40.5 Å². The zero-order chi connectivity index (χ0) is 12.1. The van der Waals surface area contributed by atoms with E-state index in [1.165, 1.54) is 18.4 Å². The van der Waals surface area contributed by atoms with Gasteiger partial charge in [0.1, 0.15) is 0 Å². The molecular weight excluding hydrogens is 234 g/mol. The van der Waals surface area contributed by atoms with Gasteiger partial charge >= 0.3 is 5.97 Å². The van der Waals surface area contributed by atoms with E-state index in [-0.39, 0.29) is 0 Å². The fourth-order valence-corrected chi connectivity index (χ4v) is 3.16. The van der Waals surface area contributed by atoms with Gasteiger partial charge < -0.3 is 5.11 Å². The molecule has 1 aliphatic heterocycles. The maximum atomic E-state index is 10.6. The van der Waals surface area contributed by atoms with Gasteiger partial charge in [-0.15, -0.1) is 0 Å². The van der Waals surface area contributed by atoms with E-state index in [4.69, 9.17) is 5.11 Å². The van der Waals surface area contributed by atoms with Crippen LogP contribution in [0.4, 0.5) is 0 Å². The SMILES string of the molecule is O=C(O)CCC1CCCCN1Cc1ccsc1. The minimum atomic E-state index is -0.675. The first kappa shape index (κ1) is 12.6. The number of thiophene rings is 1. The molecule has 1 aromatic heterocycles. The van der Waals surface area contributed by atoms with Crippen LogP contribution in [0.3, 0.4) is 0 Å². The van der Waals surface area contributed by atoms with Gasteiger partial charge in [-0.25, -0.2) is 0 Å². The minimum absolute atomic E-state index is 0.296. The van der Waals surface area contributed by atoms with Crippen molar-refractivity contribution in [3.63, 3.8) is 0 Å². The second-order valence-electron chi connectivity index (χ2n) is 4.68. The summed E-state index contributed by atoms with van der Waals surface area (Å²) in [6.07, 6.45) is 4.72. The molecule has 1 aromatic rings. The molecular formula is C13H19NO2S. The molecule has 0 aromatic carbocycles. The molecule has 0 spiro atoms. The second-order valence-corrected chi connectivity index (χ2v) is 5.46. The number of likely N-dealkylation sites (tertiary alicyclic amines) is 1. The third-order valence-corrected chi connectivity index (χ3v) is 4.14. The van der Waals surface area contributed by atoms with Gasteiger partial charge in [0.25, 0.3) is 0 Å². The van der Waals surface area contributed by atoms with Crippen molar-refractivity contribution in [2.24, 2.45) is 0 Å². The summed E-state index contributed by atoms with van der Waals surface area (Å²) >= 11 is 1.73. The van der Waals surface area contributed by atoms with E-state index in [0.29, 0.717) is 12.5 Å². The van der Waals surface area contributed by atoms with Crippen molar-refractivity contribution >= 4 is 17.3 Å². The third-order valence-electron chi connectivity index (χ3n) is 3.41. The van der Waals surface area contributed by atoms with E-state index < -0.39 is 5.97 Å². The fraction of sp³-hybridized carbons (Fsp3) is 0.615. The highest BCUT2D eigenvalue weighted by Gasteiger charge is 2.22. The average Bonchev–Trinajstić information content (AvgIpc) is 2.80. The lowest BCUT2D eigenvalue weighted by atomic mass is 9.97. The Kier molecular flexibility index (Phi) is 4.57. The van der Waals surface area contributed by atoms with Crippen molar-refractivity contribution in [1.82, 2.24) is 4.90 Å². The largest absolute Gasteiger partial charge is 0.481 e. The van der Waals surface area contributed by atoms with Crippen LogP contribution in [0.2, 0.25) is 0 Å². The average molecular weight is 253 g/mol. The molecule has 1 atom stereocenters. The highest BCUT2D eigenvalue weighted by molar-refractivity contribution is 7.07. The van der Waals surface area contributed by atoms with Crippen LogP contribution in [-0.2, 0) is 11.3 Å². The number of carboxylic acid groups (broad SMARTS) is 1. The second kappa shape index (κ2) is 6.17. The molecule has 4 heteroatoms. The molecule has 1 N–H and O–H groups in total. The van der Waals surface area contributed by atoms with Crippen molar-refractivity contribution in [3.05, 3.63) is 22.4 Å². The number of hydrogen-bond donors (Lipinski definition) is 1.